The lowest BCUT2D eigenvalue weighted by Gasteiger charge is -2.02. The zero-order valence-corrected chi connectivity index (χ0v) is 4.86. The summed E-state index contributed by atoms with van der Waals surface area (Å²) in [4.78, 5) is 14.3. The quantitative estimate of drug-likeness (QED) is 0.472. The van der Waals surface area contributed by atoms with Gasteiger partial charge in [-0.15, -0.1) is 0 Å². The molecule has 4 heteroatoms. The van der Waals surface area contributed by atoms with E-state index in [4.69, 9.17) is 12.2 Å². The second-order valence-corrected chi connectivity index (χ2v) is 1.91. The third-order valence-electron chi connectivity index (χ3n) is 0.740. The SMILES string of the molecule is O=C1N=CC(=S)CN1. The third kappa shape index (κ3) is 1.10. The van der Waals surface area contributed by atoms with Gasteiger partial charge in [0.2, 0.25) is 0 Å². The summed E-state index contributed by atoms with van der Waals surface area (Å²) < 4.78 is 0. The van der Waals surface area contributed by atoms with Crippen molar-refractivity contribution in [3.05, 3.63) is 0 Å². The van der Waals surface area contributed by atoms with Gasteiger partial charge in [-0.25, -0.2) is 9.79 Å². The van der Waals surface area contributed by atoms with Crippen LogP contribution in [0.2, 0.25) is 0 Å². The molecule has 1 aliphatic heterocycles. The van der Waals surface area contributed by atoms with Gasteiger partial charge >= 0.3 is 6.03 Å². The molecule has 0 unspecified atom stereocenters. The highest BCUT2D eigenvalue weighted by Gasteiger charge is 2.03. The Kier molecular flexibility index (Phi) is 1.34. The minimum atomic E-state index is -0.307. The predicted octanol–water partition coefficient (Wildman–Crippen LogP) is 0.150. The Hall–Kier alpha value is -0.770. The lowest BCUT2D eigenvalue weighted by atomic mass is 10.4. The lowest BCUT2D eigenvalue weighted by Crippen LogP contribution is -2.31. The number of carbonyl (C=O) groups excluding carboxylic acids is 1. The molecule has 0 aromatic heterocycles. The van der Waals surface area contributed by atoms with Crippen molar-refractivity contribution in [3.63, 3.8) is 0 Å². The normalized spacial score (nSPS) is 18.5. The van der Waals surface area contributed by atoms with E-state index in [1.807, 2.05) is 0 Å². The van der Waals surface area contributed by atoms with Gasteiger partial charge in [-0.2, -0.15) is 0 Å². The summed E-state index contributed by atoms with van der Waals surface area (Å²) in [6.07, 6.45) is 1.40. The van der Waals surface area contributed by atoms with Crippen molar-refractivity contribution in [3.8, 4) is 0 Å². The average Bonchev–Trinajstić information content (AvgIpc) is 1.77. The summed E-state index contributed by atoms with van der Waals surface area (Å²) in [6.45, 7) is 0.456. The van der Waals surface area contributed by atoms with Gasteiger partial charge in [0.15, 0.2) is 0 Å². The summed E-state index contributed by atoms with van der Waals surface area (Å²) in [6, 6.07) is -0.307. The van der Waals surface area contributed by atoms with Crippen LogP contribution in [-0.4, -0.2) is 23.7 Å². The average molecular weight is 128 g/mol. The molecule has 0 fully saturated rings. The molecule has 0 saturated heterocycles. The zero-order chi connectivity index (χ0) is 5.98. The first-order chi connectivity index (χ1) is 3.79. The van der Waals surface area contributed by atoms with E-state index in [2.05, 4.69) is 10.3 Å². The molecule has 0 bridgehead atoms. The number of hydrogen-bond acceptors (Lipinski definition) is 2. The van der Waals surface area contributed by atoms with E-state index in [0.717, 1.165) is 0 Å². The van der Waals surface area contributed by atoms with Crippen molar-refractivity contribution in [2.45, 2.75) is 0 Å². The van der Waals surface area contributed by atoms with Gasteiger partial charge in [-0.05, 0) is 0 Å². The van der Waals surface area contributed by atoms with Crippen molar-refractivity contribution in [1.29, 1.82) is 0 Å². The number of amides is 2. The Morgan fingerprint density at radius 1 is 1.88 bits per heavy atom. The van der Waals surface area contributed by atoms with Crippen LogP contribution >= 0.6 is 12.2 Å². The highest BCUT2D eigenvalue weighted by Crippen LogP contribution is 1.82. The highest BCUT2D eigenvalue weighted by molar-refractivity contribution is 7.82. The van der Waals surface area contributed by atoms with Crippen molar-refractivity contribution < 1.29 is 4.79 Å². The van der Waals surface area contributed by atoms with Crippen LogP contribution in [0.15, 0.2) is 4.99 Å². The molecule has 1 rings (SSSR count). The number of thiocarbonyl (C=S) groups is 1. The van der Waals surface area contributed by atoms with Gasteiger partial charge in [0.05, 0.1) is 11.4 Å². The number of nitrogens with one attached hydrogen (secondary N) is 1. The van der Waals surface area contributed by atoms with Crippen LogP contribution in [0.3, 0.4) is 0 Å². The van der Waals surface area contributed by atoms with E-state index in [0.29, 0.717) is 11.4 Å². The van der Waals surface area contributed by atoms with Crippen LogP contribution in [0.1, 0.15) is 0 Å². The van der Waals surface area contributed by atoms with Crippen LogP contribution in [0.5, 0.6) is 0 Å². The minimum absolute atomic E-state index is 0.307. The predicted molar refractivity (Wildman–Crippen MR) is 34.5 cm³/mol. The zero-order valence-electron chi connectivity index (χ0n) is 4.05. The fourth-order valence-corrected chi connectivity index (χ4v) is 0.510. The minimum Gasteiger partial charge on any atom is -0.331 e. The van der Waals surface area contributed by atoms with Crippen LogP contribution in [0, 0.1) is 0 Å². The molecule has 0 spiro atoms. The van der Waals surface area contributed by atoms with Gasteiger partial charge in [0, 0.05) is 6.21 Å². The second kappa shape index (κ2) is 2.00. The van der Waals surface area contributed by atoms with Crippen molar-refractivity contribution in [1.82, 2.24) is 5.32 Å². The van der Waals surface area contributed by atoms with E-state index in [9.17, 15) is 4.79 Å². The number of rotatable bonds is 0. The van der Waals surface area contributed by atoms with Crippen LogP contribution in [0.4, 0.5) is 4.79 Å². The molecule has 3 nitrogen and oxygen atoms in total. The number of nitrogens with zero attached hydrogens (tertiary/aromatic N) is 1. The van der Waals surface area contributed by atoms with E-state index in [1.165, 1.54) is 6.21 Å². The van der Waals surface area contributed by atoms with E-state index >= 15 is 0 Å². The number of carbonyl (C=O) groups is 1. The Morgan fingerprint density at radius 2 is 2.62 bits per heavy atom. The number of hydrogen-bond donors (Lipinski definition) is 1. The Morgan fingerprint density at radius 3 is 3.00 bits per heavy atom. The standard InChI is InChI=1S/C4H4N2OS/c7-4-5-1-3(8)2-6-4/h1H,2H2,(H,6,7). The number of aliphatic imine (C=N–C) groups is 1. The molecule has 0 aromatic carbocycles. The fourth-order valence-electron chi connectivity index (χ4n) is 0.385. The van der Waals surface area contributed by atoms with Crippen molar-refractivity contribution in [2.75, 3.05) is 6.54 Å². The van der Waals surface area contributed by atoms with Crippen LogP contribution in [0.25, 0.3) is 0 Å². The molecular formula is C4H4N2OS. The fraction of sp³-hybridized carbons (Fsp3) is 0.250. The molecule has 0 saturated carbocycles. The first-order valence-corrected chi connectivity index (χ1v) is 2.54. The molecule has 8 heavy (non-hydrogen) atoms. The Bertz CT molecular complexity index is 145. The molecule has 0 aromatic rings. The molecule has 0 aliphatic carbocycles. The summed E-state index contributed by atoms with van der Waals surface area (Å²) in [5, 5.41) is 2.45. The smallest absolute Gasteiger partial charge is 0.331 e. The molecule has 1 N–H and O–H groups in total. The third-order valence-corrected chi connectivity index (χ3v) is 0.989. The maximum Gasteiger partial charge on any atom is 0.341 e. The molecular weight excluding hydrogens is 124 g/mol. The Balaban J connectivity index is 2.68. The first-order valence-electron chi connectivity index (χ1n) is 2.14. The molecule has 0 atom stereocenters. The molecule has 0 radical (unpaired) electrons. The van der Waals surface area contributed by atoms with Gasteiger partial charge in [0.25, 0.3) is 0 Å². The lowest BCUT2D eigenvalue weighted by molar-refractivity contribution is 0.250. The molecule has 2 amide bonds. The largest absolute Gasteiger partial charge is 0.341 e. The summed E-state index contributed by atoms with van der Waals surface area (Å²) in [5.41, 5.74) is 0. The molecule has 42 valence electrons. The molecule has 1 heterocycles. The summed E-state index contributed by atoms with van der Waals surface area (Å²) in [7, 11) is 0. The maximum atomic E-state index is 10.2. The number of urea groups is 1. The Labute approximate surface area is 51.8 Å². The van der Waals surface area contributed by atoms with Gasteiger partial charge in [-0.3, -0.25) is 0 Å². The van der Waals surface area contributed by atoms with Gasteiger partial charge in [0.1, 0.15) is 0 Å². The summed E-state index contributed by atoms with van der Waals surface area (Å²) in [5.74, 6) is 0. The monoisotopic (exact) mass is 128 g/mol. The van der Waals surface area contributed by atoms with E-state index in [1.54, 1.807) is 0 Å². The first kappa shape index (κ1) is 5.37. The van der Waals surface area contributed by atoms with Gasteiger partial charge < -0.3 is 5.32 Å². The van der Waals surface area contributed by atoms with Crippen molar-refractivity contribution >= 4 is 29.3 Å². The topological polar surface area (TPSA) is 41.5 Å². The highest BCUT2D eigenvalue weighted by atomic mass is 32.1. The maximum absolute atomic E-state index is 10.2. The summed E-state index contributed by atoms with van der Waals surface area (Å²) >= 11 is 4.69. The molecule has 1 aliphatic rings. The van der Waals surface area contributed by atoms with E-state index < -0.39 is 0 Å². The van der Waals surface area contributed by atoms with Gasteiger partial charge in [-0.1, -0.05) is 12.2 Å². The van der Waals surface area contributed by atoms with E-state index in [-0.39, 0.29) is 6.03 Å². The van der Waals surface area contributed by atoms with Crippen LogP contribution < -0.4 is 5.32 Å². The van der Waals surface area contributed by atoms with Crippen molar-refractivity contribution in [2.24, 2.45) is 4.99 Å². The van der Waals surface area contributed by atoms with Crippen LogP contribution in [-0.2, 0) is 0 Å². The second-order valence-electron chi connectivity index (χ2n) is 1.38.